The number of hydrogen-bond acceptors (Lipinski definition) is 0. The minimum absolute atomic E-state index is 0. The molecule has 67 valence electrons. The fourth-order valence-corrected chi connectivity index (χ4v) is 0. The predicted octanol–water partition coefficient (Wildman–Crippen LogP) is 3.44. The molecule has 0 atom stereocenters. The fourth-order valence-electron chi connectivity index (χ4n) is 0. The van der Waals surface area contributed by atoms with Crippen LogP contribution in [0.2, 0.25) is 0 Å². The van der Waals surface area contributed by atoms with Gasteiger partial charge in [0.05, 0.1) is 0 Å². The van der Waals surface area contributed by atoms with Crippen molar-refractivity contribution in [1.29, 1.82) is 0 Å². The van der Waals surface area contributed by atoms with Crippen LogP contribution in [0.3, 0.4) is 0 Å². The van der Waals surface area contributed by atoms with E-state index in [4.69, 9.17) is 0 Å². The molecule has 0 amide bonds. The molecular formula is C7H18AuN-5. The molecule has 0 heterocycles. The van der Waals surface area contributed by atoms with Crippen LogP contribution in [0.5, 0.6) is 0 Å². The van der Waals surface area contributed by atoms with Gasteiger partial charge < -0.3 is 34.3 Å². The molecule has 1 rings (SSSR count). The molecule has 0 aromatic heterocycles. The summed E-state index contributed by atoms with van der Waals surface area (Å²) in [6.07, 6.45) is 5.00. The van der Waals surface area contributed by atoms with Crippen LogP contribution in [0, 0.1) is 28.2 Å². The third kappa shape index (κ3) is 135. The molecular weight excluding hydrogens is 295 g/mol. The first kappa shape index (κ1) is 33.2. The van der Waals surface area contributed by atoms with Crippen LogP contribution in [0.1, 0.15) is 19.8 Å². The summed E-state index contributed by atoms with van der Waals surface area (Å²) in [7, 11) is 0. The number of hydrogen-bond donors (Lipinski definition) is 0. The Morgan fingerprint density at radius 2 is 1.22 bits per heavy atom. The van der Waals surface area contributed by atoms with Gasteiger partial charge in [-0.15, -0.1) is 0 Å². The average molecular weight is 313 g/mol. The van der Waals surface area contributed by atoms with Gasteiger partial charge >= 0.3 is 0 Å². The van der Waals surface area contributed by atoms with Gasteiger partial charge in [0, 0.05) is 22.4 Å². The quantitative estimate of drug-likeness (QED) is 0.485. The Kier molecular flexibility index (Phi) is 139. The van der Waals surface area contributed by atoms with Crippen molar-refractivity contribution in [1.82, 2.24) is 0 Å². The molecule has 0 aromatic carbocycles. The first-order valence-electron chi connectivity index (χ1n) is 2.02. The molecule has 9 heavy (non-hydrogen) atoms. The largest absolute Gasteiger partial charge is 0.693 e. The minimum Gasteiger partial charge on any atom is -0.693 e. The summed E-state index contributed by atoms with van der Waals surface area (Å²) in [4.78, 5) is 0. The molecule has 0 bridgehead atoms. The van der Waals surface area contributed by atoms with Crippen LogP contribution < -0.4 is 0 Å². The van der Waals surface area contributed by atoms with Gasteiger partial charge in [0.25, 0.3) is 0 Å². The topological polar surface area (TPSA) is 33.5 Å². The van der Waals surface area contributed by atoms with E-state index in [0.717, 1.165) is 0 Å². The van der Waals surface area contributed by atoms with Gasteiger partial charge in [0.1, 0.15) is 0 Å². The van der Waals surface area contributed by atoms with E-state index in [1.165, 1.54) is 12.8 Å². The standard InChI is InChI=1S/C3H5.C2H5.2CH3.Au.H2N/c1-2-3-1;1-2;;;;/h1H,2-3H2;1H2,2H3;2*1H3;;1H2/q4*-1;;-1. The van der Waals surface area contributed by atoms with E-state index in [1.54, 1.807) is 6.92 Å². The van der Waals surface area contributed by atoms with Crippen molar-refractivity contribution in [2.45, 2.75) is 19.8 Å². The zero-order valence-electron chi connectivity index (χ0n) is 6.58. The molecule has 0 spiro atoms. The molecule has 0 aromatic rings. The van der Waals surface area contributed by atoms with Crippen molar-refractivity contribution >= 4 is 0 Å². The Morgan fingerprint density at radius 1 is 1.11 bits per heavy atom. The van der Waals surface area contributed by atoms with Gasteiger partial charge in [0.2, 0.25) is 0 Å². The van der Waals surface area contributed by atoms with Crippen molar-refractivity contribution in [3.63, 3.8) is 0 Å². The normalized spacial score (nSPS) is 8.67. The van der Waals surface area contributed by atoms with Crippen LogP contribution in [0.4, 0.5) is 0 Å². The molecule has 0 unspecified atom stereocenters. The zero-order chi connectivity index (χ0) is 4.12. The van der Waals surface area contributed by atoms with Crippen LogP contribution in [-0.2, 0) is 22.4 Å². The second-order valence-electron chi connectivity index (χ2n) is 0.866. The van der Waals surface area contributed by atoms with Gasteiger partial charge in [-0.2, -0.15) is 6.92 Å². The first-order valence-corrected chi connectivity index (χ1v) is 2.02. The molecule has 1 aliphatic carbocycles. The molecule has 2 heteroatoms. The van der Waals surface area contributed by atoms with E-state index >= 15 is 0 Å². The summed E-state index contributed by atoms with van der Waals surface area (Å²) in [5.41, 5.74) is 0. The summed E-state index contributed by atoms with van der Waals surface area (Å²) >= 11 is 0. The van der Waals surface area contributed by atoms with Crippen molar-refractivity contribution in [2.75, 3.05) is 0 Å². The van der Waals surface area contributed by atoms with E-state index in [-0.39, 0.29) is 43.4 Å². The average Bonchev–Trinajstić information content (AvgIpc) is 2.19. The Morgan fingerprint density at radius 3 is 1.22 bits per heavy atom. The zero-order valence-corrected chi connectivity index (χ0v) is 8.74. The molecule has 0 saturated heterocycles. The smallest absolute Gasteiger partial charge is 0 e. The Hall–Kier alpha value is 0.700. The monoisotopic (exact) mass is 313 g/mol. The van der Waals surface area contributed by atoms with E-state index in [1.807, 2.05) is 0 Å². The van der Waals surface area contributed by atoms with Gasteiger partial charge in [-0.25, -0.2) is 12.8 Å². The maximum Gasteiger partial charge on any atom is 0 e. The second kappa shape index (κ2) is 37.7. The molecule has 2 N–H and O–H groups in total. The van der Waals surface area contributed by atoms with Gasteiger partial charge in [-0.05, 0) is 0 Å². The summed E-state index contributed by atoms with van der Waals surface area (Å²) in [5.74, 6) is 0. The van der Waals surface area contributed by atoms with Crippen molar-refractivity contribution < 1.29 is 22.4 Å². The first-order chi connectivity index (χ1) is 2.50. The number of nitrogens with two attached hydrogens (primary N) is 1. The third-order valence-electron chi connectivity index (χ3n) is 0.289. The molecule has 0 aliphatic heterocycles. The maximum atomic E-state index is 3.25. The summed E-state index contributed by atoms with van der Waals surface area (Å²) < 4.78 is 0. The van der Waals surface area contributed by atoms with Crippen molar-refractivity contribution in [3.05, 3.63) is 34.3 Å². The van der Waals surface area contributed by atoms with Crippen LogP contribution in [0.25, 0.3) is 6.15 Å². The third-order valence-corrected chi connectivity index (χ3v) is 0.289. The summed E-state index contributed by atoms with van der Waals surface area (Å²) in [5, 5.41) is 0. The molecule has 1 aliphatic rings. The molecule has 1 nitrogen and oxygen atoms in total. The SMILES string of the molecule is [Au].[CH-]1CC1.[CH2-]C.[CH3-].[CH3-].[NH2-]. The Bertz CT molecular complexity index is 13.6. The molecule has 1 fully saturated rings. The Balaban J connectivity index is -0.00000000857. The van der Waals surface area contributed by atoms with Crippen molar-refractivity contribution in [3.8, 4) is 0 Å². The van der Waals surface area contributed by atoms with Crippen LogP contribution in [0.15, 0.2) is 0 Å². The minimum atomic E-state index is 0. The van der Waals surface area contributed by atoms with E-state index < -0.39 is 0 Å². The van der Waals surface area contributed by atoms with Gasteiger partial charge in [-0.1, -0.05) is 0 Å². The van der Waals surface area contributed by atoms with E-state index in [0.29, 0.717) is 0 Å². The van der Waals surface area contributed by atoms with Crippen molar-refractivity contribution in [2.24, 2.45) is 0 Å². The van der Waals surface area contributed by atoms with Crippen LogP contribution in [-0.4, -0.2) is 0 Å². The van der Waals surface area contributed by atoms with Gasteiger partial charge in [0.15, 0.2) is 0 Å². The fraction of sp³-hybridized carbons (Fsp3) is 0.429. The maximum absolute atomic E-state index is 3.25. The second-order valence-corrected chi connectivity index (χ2v) is 0.866. The summed E-state index contributed by atoms with van der Waals surface area (Å²) in [6, 6.07) is 0. The number of rotatable bonds is 0. The Labute approximate surface area is 76.7 Å². The molecule has 1 radical (unpaired) electrons. The van der Waals surface area contributed by atoms with Gasteiger partial charge in [-0.3, -0.25) is 0 Å². The predicted molar refractivity (Wildman–Crippen MR) is 42.7 cm³/mol. The summed E-state index contributed by atoms with van der Waals surface area (Å²) in [6.45, 7) is 5.00. The van der Waals surface area contributed by atoms with Crippen LogP contribution >= 0.6 is 0 Å². The van der Waals surface area contributed by atoms with E-state index in [9.17, 15) is 0 Å². The van der Waals surface area contributed by atoms with E-state index in [2.05, 4.69) is 13.3 Å². The molecule has 1 saturated carbocycles.